The van der Waals surface area contributed by atoms with Crippen LogP contribution in [0.4, 0.5) is 0 Å². The van der Waals surface area contributed by atoms with Crippen molar-refractivity contribution < 1.29 is 13.2 Å². The van der Waals surface area contributed by atoms with E-state index in [1.165, 1.54) is 0 Å². The molecule has 8 heteroatoms. The average molecular weight is 428 g/mol. The molecule has 0 bridgehead atoms. The first-order chi connectivity index (χ1) is 10.5. The molecule has 0 aromatic heterocycles. The largest absolute Gasteiger partial charge is 0.355 e. The van der Waals surface area contributed by atoms with Crippen molar-refractivity contribution in [2.75, 3.05) is 25.4 Å². The summed E-state index contributed by atoms with van der Waals surface area (Å²) in [7, 11) is -3.32. The number of nitrogens with one attached hydrogen (secondary N) is 2. The third-order valence-corrected chi connectivity index (χ3v) is 5.39. The molecule has 5 nitrogen and oxygen atoms in total. The molecule has 0 aliphatic rings. The molecule has 23 heavy (non-hydrogen) atoms. The second-order valence-electron chi connectivity index (χ2n) is 4.98. The first-order valence-electron chi connectivity index (χ1n) is 7.41. The second-order valence-corrected chi connectivity index (χ2v) is 8.00. The Morgan fingerprint density at radius 3 is 2.39 bits per heavy atom. The minimum Gasteiger partial charge on any atom is -0.355 e. The quantitative estimate of drug-likeness (QED) is 0.563. The van der Waals surface area contributed by atoms with E-state index < -0.39 is 9.84 Å². The van der Waals surface area contributed by atoms with E-state index in [-0.39, 0.29) is 30.5 Å². The van der Waals surface area contributed by atoms with Gasteiger partial charge in [0.1, 0.15) is 0 Å². The smallest absolute Gasteiger partial charge is 0.220 e. The summed E-state index contributed by atoms with van der Waals surface area (Å²) >= 11 is 3.27. The molecule has 0 aliphatic heterocycles. The topological polar surface area (TPSA) is 75.3 Å². The van der Waals surface area contributed by atoms with Gasteiger partial charge in [-0.25, -0.2) is 8.42 Å². The lowest BCUT2D eigenvalue weighted by Gasteiger charge is -2.07. The Labute approximate surface area is 153 Å². The summed E-state index contributed by atoms with van der Waals surface area (Å²) < 4.78 is 25.0. The molecule has 0 heterocycles. The van der Waals surface area contributed by atoms with Crippen LogP contribution in [-0.2, 0) is 14.6 Å². The molecule has 1 amide bonds. The number of hydrogen-bond acceptors (Lipinski definition) is 4. The molecule has 1 aromatic carbocycles. The van der Waals surface area contributed by atoms with Crippen molar-refractivity contribution >= 4 is 44.1 Å². The number of amides is 1. The Kier molecular flexibility index (Phi) is 11.5. The Balaban J connectivity index is 0.00000484. The van der Waals surface area contributed by atoms with Gasteiger partial charge in [-0.2, -0.15) is 0 Å². The van der Waals surface area contributed by atoms with E-state index in [2.05, 4.69) is 33.5 Å². The molecular formula is C15H24BrClN2O3S. The normalized spacial score (nSPS) is 10.9. The standard InChI is InChI=1S/C15H23BrN2O3S.ClH/c1-2-9-17-10-11-18-15(19)4-3-12-22(20,21)14-7-5-13(16)6-8-14;/h5-8,17H,2-4,9-12H2,1H3,(H,18,19);1H. The van der Waals surface area contributed by atoms with Gasteiger partial charge in [-0.05, 0) is 43.7 Å². The molecule has 0 spiro atoms. The Hall–Kier alpha value is -0.630. The van der Waals surface area contributed by atoms with Gasteiger partial charge in [0.25, 0.3) is 0 Å². The van der Waals surface area contributed by atoms with Gasteiger partial charge in [0.2, 0.25) is 5.91 Å². The highest BCUT2D eigenvalue weighted by Gasteiger charge is 2.14. The van der Waals surface area contributed by atoms with Crippen molar-refractivity contribution in [3.05, 3.63) is 28.7 Å². The van der Waals surface area contributed by atoms with Gasteiger partial charge in [0, 0.05) is 24.0 Å². The lowest BCUT2D eigenvalue weighted by molar-refractivity contribution is -0.121. The van der Waals surface area contributed by atoms with E-state index in [0.29, 0.717) is 17.9 Å². The summed E-state index contributed by atoms with van der Waals surface area (Å²) in [6.07, 6.45) is 1.61. The number of carbonyl (C=O) groups excluding carboxylic acids is 1. The van der Waals surface area contributed by atoms with Crippen LogP contribution in [0, 0.1) is 0 Å². The van der Waals surface area contributed by atoms with E-state index in [4.69, 9.17) is 0 Å². The van der Waals surface area contributed by atoms with Crippen LogP contribution < -0.4 is 10.6 Å². The Morgan fingerprint density at radius 2 is 1.78 bits per heavy atom. The van der Waals surface area contributed by atoms with Crippen LogP contribution in [0.5, 0.6) is 0 Å². The summed E-state index contributed by atoms with van der Waals surface area (Å²) in [5.41, 5.74) is 0. The van der Waals surface area contributed by atoms with Crippen LogP contribution >= 0.6 is 28.3 Å². The van der Waals surface area contributed by atoms with Crippen molar-refractivity contribution in [2.45, 2.75) is 31.1 Å². The first-order valence-corrected chi connectivity index (χ1v) is 9.86. The zero-order valence-electron chi connectivity index (χ0n) is 13.2. The van der Waals surface area contributed by atoms with Crippen molar-refractivity contribution in [1.29, 1.82) is 0 Å². The Morgan fingerprint density at radius 1 is 1.13 bits per heavy atom. The van der Waals surface area contributed by atoms with Crippen LogP contribution in [0.15, 0.2) is 33.6 Å². The molecule has 2 N–H and O–H groups in total. The van der Waals surface area contributed by atoms with Crippen molar-refractivity contribution in [3.8, 4) is 0 Å². The highest BCUT2D eigenvalue weighted by molar-refractivity contribution is 9.10. The third kappa shape index (κ3) is 9.30. The minimum atomic E-state index is -3.32. The molecule has 0 fully saturated rings. The van der Waals surface area contributed by atoms with Crippen molar-refractivity contribution in [2.24, 2.45) is 0 Å². The number of sulfone groups is 1. The summed E-state index contributed by atoms with van der Waals surface area (Å²) in [6.45, 7) is 4.31. The fourth-order valence-electron chi connectivity index (χ4n) is 1.86. The number of carbonyl (C=O) groups is 1. The molecule has 0 radical (unpaired) electrons. The van der Waals surface area contributed by atoms with E-state index in [1.54, 1.807) is 24.3 Å². The van der Waals surface area contributed by atoms with Crippen LogP contribution in [-0.4, -0.2) is 39.7 Å². The summed E-state index contributed by atoms with van der Waals surface area (Å²) in [4.78, 5) is 11.9. The zero-order valence-corrected chi connectivity index (χ0v) is 16.4. The highest BCUT2D eigenvalue weighted by atomic mass is 79.9. The summed E-state index contributed by atoms with van der Waals surface area (Å²) in [5.74, 6) is -0.125. The second kappa shape index (κ2) is 11.8. The fraction of sp³-hybridized carbons (Fsp3) is 0.533. The van der Waals surface area contributed by atoms with Crippen LogP contribution in [0.3, 0.4) is 0 Å². The van der Waals surface area contributed by atoms with E-state index in [0.717, 1.165) is 24.0 Å². The Bertz CT molecular complexity index is 565. The molecule has 0 saturated heterocycles. The molecule has 0 unspecified atom stereocenters. The monoisotopic (exact) mass is 426 g/mol. The minimum absolute atomic E-state index is 0. The first kappa shape index (κ1) is 22.4. The number of halogens is 2. The molecule has 132 valence electrons. The molecular weight excluding hydrogens is 404 g/mol. The SMILES string of the molecule is CCCNCCNC(=O)CCCS(=O)(=O)c1ccc(Br)cc1.Cl. The number of hydrogen-bond donors (Lipinski definition) is 2. The maximum absolute atomic E-state index is 12.1. The van der Waals surface area contributed by atoms with Gasteiger partial charge in [-0.3, -0.25) is 4.79 Å². The lowest BCUT2D eigenvalue weighted by atomic mass is 10.3. The van der Waals surface area contributed by atoms with E-state index in [1.807, 2.05) is 0 Å². The van der Waals surface area contributed by atoms with Gasteiger partial charge in [-0.1, -0.05) is 22.9 Å². The number of rotatable bonds is 10. The molecule has 1 rings (SSSR count). The predicted octanol–water partition coefficient (Wildman–Crippen LogP) is 2.54. The fourth-order valence-corrected chi connectivity index (χ4v) is 3.44. The predicted molar refractivity (Wildman–Crippen MR) is 98.8 cm³/mol. The summed E-state index contributed by atoms with van der Waals surface area (Å²) in [5, 5.41) is 5.95. The molecule has 0 atom stereocenters. The molecule has 1 aromatic rings. The summed E-state index contributed by atoms with van der Waals surface area (Å²) in [6, 6.07) is 6.53. The van der Waals surface area contributed by atoms with Gasteiger partial charge in [-0.15, -0.1) is 12.4 Å². The number of benzene rings is 1. The van der Waals surface area contributed by atoms with Gasteiger partial charge in [0.05, 0.1) is 10.6 Å². The average Bonchev–Trinajstić information content (AvgIpc) is 2.47. The third-order valence-electron chi connectivity index (χ3n) is 3.04. The highest BCUT2D eigenvalue weighted by Crippen LogP contribution is 2.16. The maximum atomic E-state index is 12.1. The molecule has 0 saturated carbocycles. The maximum Gasteiger partial charge on any atom is 0.220 e. The van der Waals surface area contributed by atoms with Crippen molar-refractivity contribution in [3.63, 3.8) is 0 Å². The molecule has 0 aliphatic carbocycles. The van der Waals surface area contributed by atoms with Crippen LogP contribution in [0.2, 0.25) is 0 Å². The van der Waals surface area contributed by atoms with Gasteiger partial charge in [0.15, 0.2) is 9.84 Å². The lowest BCUT2D eigenvalue weighted by Crippen LogP contribution is -2.32. The van der Waals surface area contributed by atoms with Crippen LogP contribution in [0.1, 0.15) is 26.2 Å². The van der Waals surface area contributed by atoms with E-state index in [9.17, 15) is 13.2 Å². The van der Waals surface area contributed by atoms with Crippen molar-refractivity contribution in [1.82, 2.24) is 10.6 Å². The van der Waals surface area contributed by atoms with Gasteiger partial charge < -0.3 is 10.6 Å². The van der Waals surface area contributed by atoms with E-state index >= 15 is 0 Å². The zero-order chi connectivity index (χ0) is 16.4. The van der Waals surface area contributed by atoms with Gasteiger partial charge >= 0.3 is 0 Å². The van der Waals surface area contributed by atoms with Crippen LogP contribution in [0.25, 0.3) is 0 Å².